The maximum absolute atomic E-state index is 15.6. The highest BCUT2D eigenvalue weighted by Crippen LogP contribution is 2.46. The van der Waals surface area contributed by atoms with Gasteiger partial charge < -0.3 is 15.0 Å². The minimum absolute atomic E-state index is 0.0519. The normalized spacial score (nSPS) is 19.8. The van der Waals surface area contributed by atoms with Crippen LogP contribution in [0.25, 0.3) is 32.2 Å². The molecular weight excluding hydrogens is 493 g/mol. The van der Waals surface area contributed by atoms with Gasteiger partial charge in [-0.25, -0.2) is 9.18 Å². The van der Waals surface area contributed by atoms with E-state index in [-0.39, 0.29) is 34.3 Å². The van der Waals surface area contributed by atoms with Crippen LogP contribution in [0.1, 0.15) is 63.1 Å². The summed E-state index contributed by atoms with van der Waals surface area (Å²) in [5.74, 6) is -0.556. The van der Waals surface area contributed by atoms with E-state index in [0.717, 1.165) is 41.1 Å². The lowest BCUT2D eigenvalue weighted by Crippen LogP contribution is -2.38. The van der Waals surface area contributed by atoms with E-state index in [1.165, 1.54) is 6.07 Å². The van der Waals surface area contributed by atoms with Gasteiger partial charge in [0.2, 0.25) is 5.43 Å². The van der Waals surface area contributed by atoms with Crippen LogP contribution in [-0.4, -0.2) is 21.1 Å². The maximum Gasteiger partial charge on any atom is 0.404 e. The number of carbonyl (C=O) groups excluding carboxylic acids is 1. The van der Waals surface area contributed by atoms with Crippen LogP contribution in [0.5, 0.6) is 0 Å². The molecule has 7 nitrogen and oxygen atoms in total. The summed E-state index contributed by atoms with van der Waals surface area (Å²) in [6.07, 6.45) is 2.11. The molecule has 2 unspecified atom stereocenters. The molecule has 0 radical (unpaired) electrons. The molecule has 1 saturated carbocycles. The molecule has 2 aromatic carbocycles. The number of aromatic amines is 1. The van der Waals surface area contributed by atoms with E-state index >= 15 is 4.39 Å². The van der Waals surface area contributed by atoms with E-state index in [1.807, 2.05) is 22.8 Å². The lowest BCUT2D eigenvalue weighted by atomic mass is 9.67. The van der Waals surface area contributed by atoms with E-state index in [0.29, 0.717) is 28.8 Å². The van der Waals surface area contributed by atoms with Crippen molar-refractivity contribution in [2.75, 3.05) is 0 Å². The van der Waals surface area contributed by atoms with Gasteiger partial charge in [0.1, 0.15) is 22.1 Å². The molecule has 0 aliphatic heterocycles. The van der Waals surface area contributed by atoms with Crippen LogP contribution in [-0.2, 0) is 11.2 Å². The van der Waals surface area contributed by atoms with Crippen LogP contribution in [0.2, 0.25) is 0 Å². The van der Waals surface area contributed by atoms with Gasteiger partial charge >= 0.3 is 6.09 Å². The minimum atomic E-state index is -0.777. The number of nitrogens with one attached hydrogen (secondary N) is 1. The predicted molar refractivity (Wildman–Crippen MR) is 143 cm³/mol. The number of hydrogen-bond acceptors (Lipinski definition) is 5. The Morgan fingerprint density at radius 3 is 2.59 bits per heavy atom. The Morgan fingerprint density at radius 2 is 1.92 bits per heavy atom. The first kappa shape index (κ1) is 23.9. The zero-order chi connectivity index (χ0) is 26.2. The van der Waals surface area contributed by atoms with Crippen LogP contribution < -0.4 is 16.7 Å². The van der Waals surface area contributed by atoms with Gasteiger partial charge in [-0.15, -0.1) is 0 Å². The smallest absolute Gasteiger partial charge is 0.404 e. The van der Waals surface area contributed by atoms with Crippen molar-refractivity contribution in [2.24, 2.45) is 11.1 Å². The van der Waals surface area contributed by atoms with Crippen molar-refractivity contribution in [3.05, 3.63) is 67.9 Å². The third-order valence-corrected chi connectivity index (χ3v) is 8.57. The third kappa shape index (κ3) is 3.87. The van der Waals surface area contributed by atoms with Crippen LogP contribution in [0.15, 0.2) is 39.9 Å². The Bertz CT molecular complexity index is 1710. The Labute approximate surface area is 216 Å². The molecule has 4 aromatic rings. The minimum Gasteiger partial charge on any atom is -0.446 e. The van der Waals surface area contributed by atoms with Gasteiger partial charge in [0.15, 0.2) is 0 Å². The highest BCUT2D eigenvalue weighted by Gasteiger charge is 2.40. The second-order valence-corrected chi connectivity index (χ2v) is 12.1. The summed E-state index contributed by atoms with van der Waals surface area (Å²) < 4.78 is 25.7. The van der Waals surface area contributed by atoms with Gasteiger partial charge in [-0.05, 0) is 71.5 Å². The molecule has 2 heterocycles. The average molecular weight is 522 g/mol. The van der Waals surface area contributed by atoms with E-state index in [4.69, 9.17) is 10.5 Å². The predicted octanol–water partition coefficient (Wildman–Crippen LogP) is 5.59. The van der Waals surface area contributed by atoms with Gasteiger partial charge in [-0.3, -0.25) is 14.0 Å². The van der Waals surface area contributed by atoms with Crippen molar-refractivity contribution < 1.29 is 13.9 Å². The molecule has 0 saturated heterocycles. The van der Waals surface area contributed by atoms with Crippen molar-refractivity contribution in [1.82, 2.24) is 8.94 Å². The van der Waals surface area contributed by atoms with Crippen molar-refractivity contribution >= 4 is 38.7 Å². The number of carbonyl (C=O) groups is 1. The first-order valence-corrected chi connectivity index (χ1v) is 13.3. The molecule has 1 fully saturated rings. The monoisotopic (exact) mass is 521 g/mol. The number of halogens is 1. The number of fused-ring (bicyclic) bond motifs is 3. The van der Waals surface area contributed by atoms with Gasteiger partial charge in [0.05, 0.1) is 5.52 Å². The molecule has 0 spiro atoms. The molecule has 0 bridgehead atoms. The molecular formula is C28H28FN3O4S. The number of amides is 1. The fraction of sp³-hybridized carbons (Fsp3) is 0.393. The van der Waals surface area contributed by atoms with Crippen molar-refractivity contribution in [3.8, 4) is 11.1 Å². The standard InChI is InChI=1S/C28H28FN3O4S/c1-28(2,3)23-16-8-4-14(10-13(16)5-9-21(23)36-27(30)35)17-12-20-18(11-19(17)29)24(33)22-25(34)31-37-26(22)32(20)15-6-7-15/h4,8,10-12,15,21,23H,5-7,9H2,1-3H3,(H2,30,35)(H,31,34). The number of H-pyrrole nitrogens is 1. The lowest BCUT2D eigenvalue weighted by Gasteiger charge is -2.41. The number of ether oxygens (including phenoxy) is 1. The highest BCUT2D eigenvalue weighted by molar-refractivity contribution is 7.12. The number of primary amides is 1. The lowest BCUT2D eigenvalue weighted by molar-refractivity contribution is 0.0480. The zero-order valence-electron chi connectivity index (χ0n) is 20.9. The largest absolute Gasteiger partial charge is 0.446 e. The summed E-state index contributed by atoms with van der Waals surface area (Å²) in [6.45, 7) is 6.32. The first-order valence-electron chi connectivity index (χ1n) is 12.5. The summed E-state index contributed by atoms with van der Waals surface area (Å²) in [4.78, 5) is 37.6. The Hall–Kier alpha value is -3.46. The van der Waals surface area contributed by atoms with E-state index < -0.39 is 22.9 Å². The topological polar surface area (TPSA) is 107 Å². The summed E-state index contributed by atoms with van der Waals surface area (Å²) in [6, 6.07) is 9.10. The number of hydrogen-bond donors (Lipinski definition) is 2. The van der Waals surface area contributed by atoms with Crippen LogP contribution in [0.3, 0.4) is 0 Å². The highest BCUT2D eigenvalue weighted by atomic mass is 32.1. The fourth-order valence-electron chi connectivity index (χ4n) is 6.03. The van der Waals surface area contributed by atoms with Crippen LogP contribution >= 0.6 is 11.5 Å². The maximum atomic E-state index is 15.6. The summed E-state index contributed by atoms with van der Waals surface area (Å²) in [5.41, 5.74) is 8.24. The average Bonchev–Trinajstić information content (AvgIpc) is 3.59. The van der Waals surface area contributed by atoms with E-state index in [2.05, 4.69) is 25.1 Å². The van der Waals surface area contributed by atoms with Crippen molar-refractivity contribution in [1.29, 1.82) is 0 Å². The number of aryl methyl sites for hydroxylation is 1. The summed E-state index contributed by atoms with van der Waals surface area (Å²) in [5, 5.41) is 0.327. The number of nitrogens with zero attached hydrogens (tertiary/aromatic N) is 1. The first-order chi connectivity index (χ1) is 17.5. The van der Waals surface area contributed by atoms with Crippen LogP contribution in [0, 0.1) is 11.2 Å². The quantitative estimate of drug-likeness (QED) is 0.367. The number of pyridine rings is 1. The second kappa shape index (κ2) is 8.28. The molecule has 9 heteroatoms. The fourth-order valence-corrected chi connectivity index (χ4v) is 6.95. The molecule has 2 atom stereocenters. The number of benzene rings is 2. The van der Waals surface area contributed by atoms with Gasteiger partial charge in [-0.1, -0.05) is 39.0 Å². The molecule has 37 heavy (non-hydrogen) atoms. The third-order valence-electron chi connectivity index (χ3n) is 7.69. The van der Waals surface area contributed by atoms with E-state index in [1.54, 1.807) is 6.07 Å². The molecule has 6 rings (SSSR count). The van der Waals surface area contributed by atoms with Gasteiger partial charge in [0, 0.05) is 22.9 Å². The summed E-state index contributed by atoms with van der Waals surface area (Å²) >= 11 is 1.16. The second-order valence-electron chi connectivity index (χ2n) is 11.3. The molecule has 2 aliphatic carbocycles. The Kier molecular flexibility index (Phi) is 5.35. The van der Waals surface area contributed by atoms with Crippen LogP contribution in [0.4, 0.5) is 9.18 Å². The number of rotatable bonds is 3. The molecule has 1 amide bonds. The summed E-state index contributed by atoms with van der Waals surface area (Å²) in [7, 11) is 0. The molecule has 2 aliphatic rings. The molecule has 3 N–H and O–H groups in total. The van der Waals surface area contributed by atoms with Gasteiger partial charge in [0.25, 0.3) is 5.56 Å². The van der Waals surface area contributed by atoms with Crippen molar-refractivity contribution in [3.63, 3.8) is 0 Å². The Morgan fingerprint density at radius 1 is 1.16 bits per heavy atom. The Balaban J connectivity index is 1.52. The number of nitrogens with two attached hydrogens (primary N) is 1. The molecule has 2 aromatic heterocycles. The zero-order valence-corrected chi connectivity index (χ0v) is 21.7. The van der Waals surface area contributed by atoms with Gasteiger partial charge in [-0.2, -0.15) is 0 Å². The SMILES string of the molecule is CC(C)(C)C1c2ccc(-c3cc4c(cc3F)c(=O)c3c(=O)[nH]sc3n4C3CC3)cc2CCC1OC(N)=O. The number of aromatic nitrogens is 2. The van der Waals surface area contributed by atoms with E-state index in [9.17, 15) is 14.4 Å². The molecule has 192 valence electrons. The van der Waals surface area contributed by atoms with Crippen molar-refractivity contribution in [2.45, 2.75) is 64.5 Å².